The number of rotatable bonds is 2. The van der Waals surface area contributed by atoms with Gasteiger partial charge in [0.15, 0.2) is 0 Å². The van der Waals surface area contributed by atoms with E-state index in [9.17, 15) is 9.90 Å². The summed E-state index contributed by atoms with van der Waals surface area (Å²) in [4.78, 5) is 13.8. The molecule has 0 aromatic rings. The van der Waals surface area contributed by atoms with Gasteiger partial charge in [-0.05, 0) is 52.4 Å². The SMILES string of the molecule is C[C@H](O)CC1[C@H]2C[C@@H]1N(C(=O)OC(C)(C)C)C2. The van der Waals surface area contributed by atoms with Crippen LogP contribution in [0.5, 0.6) is 0 Å². The molecular weight excluding hydrogens is 218 g/mol. The Morgan fingerprint density at radius 2 is 2.18 bits per heavy atom. The second kappa shape index (κ2) is 4.16. The molecule has 0 spiro atoms. The van der Waals surface area contributed by atoms with Crippen LogP contribution in [0.4, 0.5) is 4.79 Å². The summed E-state index contributed by atoms with van der Waals surface area (Å²) in [5, 5.41) is 9.43. The molecule has 2 bridgehead atoms. The van der Waals surface area contributed by atoms with Crippen molar-refractivity contribution < 1.29 is 14.6 Å². The van der Waals surface area contributed by atoms with Crippen molar-refractivity contribution in [2.45, 2.75) is 58.3 Å². The maximum Gasteiger partial charge on any atom is 0.410 e. The highest BCUT2D eigenvalue weighted by atomic mass is 16.6. The Hall–Kier alpha value is -0.770. The van der Waals surface area contributed by atoms with Crippen LogP contribution < -0.4 is 0 Å². The average molecular weight is 241 g/mol. The maximum atomic E-state index is 12.0. The van der Waals surface area contributed by atoms with E-state index in [0.717, 1.165) is 19.4 Å². The van der Waals surface area contributed by atoms with E-state index >= 15 is 0 Å². The van der Waals surface area contributed by atoms with Gasteiger partial charge < -0.3 is 14.7 Å². The maximum absolute atomic E-state index is 12.0. The molecular formula is C13H23NO3. The summed E-state index contributed by atoms with van der Waals surface area (Å²) in [6.45, 7) is 8.28. The molecule has 4 nitrogen and oxygen atoms in total. The topological polar surface area (TPSA) is 49.8 Å². The molecule has 2 saturated heterocycles. The lowest BCUT2D eigenvalue weighted by atomic mass is 9.71. The minimum absolute atomic E-state index is 0.196. The number of hydrogen-bond acceptors (Lipinski definition) is 3. The predicted octanol–water partition coefficient (Wildman–Crippen LogP) is 2.01. The Bertz CT molecular complexity index is 308. The summed E-state index contributed by atoms with van der Waals surface area (Å²) in [5.41, 5.74) is -0.427. The average Bonchev–Trinajstić information content (AvgIpc) is 2.68. The quantitative estimate of drug-likeness (QED) is 0.804. The van der Waals surface area contributed by atoms with Crippen LogP contribution in [-0.4, -0.2) is 40.4 Å². The summed E-state index contributed by atoms with van der Waals surface area (Å²) in [5.74, 6) is 1.05. The molecule has 3 rings (SSSR count). The van der Waals surface area contributed by atoms with Crippen LogP contribution in [0.3, 0.4) is 0 Å². The molecule has 3 aliphatic rings. The molecule has 1 saturated carbocycles. The highest BCUT2D eigenvalue weighted by molar-refractivity contribution is 5.69. The summed E-state index contributed by atoms with van der Waals surface area (Å²) in [7, 11) is 0. The second-order valence-electron chi connectivity index (χ2n) is 6.44. The minimum Gasteiger partial charge on any atom is -0.444 e. The zero-order chi connectivity index (χ0) is 12.8. The lowest BCUT2D eigenvalue weighted by molar-refractivity contribution is 0.0161. The third kappa shape index (κ3) is 2.57. The standard InChI is InChI=1S/C13H23NO3/c1-8(15)5-10-9-6-11(10)14(7-9)12(16)17-13(2,3)4/h8-11,15H,5-7H2,1-4H3/t8-,9-,10?,11-/m0/s1. The van der Waals surface area contributed by atoms with Crippen LogP contribution in [0.15, 0.2) is 0 Å². The lowest BCUT2D eigenvalue weighted by Gasteiger charge is -2.37. The number of nitrogens with zero attached hydrogens (tertiary/aromatic N) is 1. The van der Waals surface area contributed by atoms with Crippen molar-refractivity contribution >= 4 is 6.09 Å². The van der Waals surface area contributed by atoms with Gasteiger partial charge in [-0.1, -0.05) is 0 Å². The Kier molecular flexibility index (Phi) is 3.10. The Morgan fingerprint density at radius 3 is 2.71 bits per heavy atom. The molecule has 2 heterocycles. The number of carbonyl (C=O) groups excluding carboxylic acids is 1. The van der Waals surface area contributed by atoms with Gasteiger partial charge in [-0.3, -0.25) is 0 Å². The van der Waals surface area contributed by atoms with E-state index in [4.69, 9.17) is 4.74 Å². The molecule has 1 unspecified atom stereocenters. The van der Waals surface area contributed by atoms with Crippen molar-refractivity contribution in [2.75, 3.05) is 6.54 Å². The Morgan fingerprint density at radius 1 is 1.53 bits per heavy atom. The first kappa shape index (κ1) is 12.7. The largest absolute Gasteiger partial charge is 0.444 e. The number of aliphatic hydroxyl groups excluding tert-OH is 1. The van der Waals surface area contributed by atoms with E-state index in [0.29, 0.717) is 17.9 Å². The first-order chi connectivity index (χ1) is 7.78. The molecule has 1 aliphatic carbocycles. The Balaban J connectivity index is 1.91. The summed E-state index contributed by atoms with van der Waals surface area (Å²) < 4.78 is 5.40. The Labute approximate surface area is 103 Å². The molecule has 17 heavy (non-hydrogen) atoms. The highest BCUT2D eigenvalue weighted by Crippen LogP contribution is 2.48. The van der Waals surface area contributed by atoms with Gasteiger partial charge in [0.25, 0.3) is 0 Å². The fourth-order valence-electron chi connectivity index (χ4n) is 3.01. The third-order valence-electron chi connectivity index (χ3n) is 3.72. The van der Waals surface area contributed by atoms with Crippen molar-refractivity contribution in [1.29, 1.82) is 0 Å². The first-order valence-corrected chi connectivity index (χ1v) is 6.45. The highest BCUT2D eigenvalue weighted by Gasteiger charge is 2.54. The second-order valence-corrected chi connectivity index (χ2v) is 6.44. The number of hydrogen-bond donors (Lipinski definition) is 1. The van der Waals surface area contributed by atoms with Crippen LogP contribution >= 0.6 is 0 Å². The predicted molar refractivity (Wildman–Crippen MR) is 64.6 cm³/mol. The first-order valence-electron chi connectivity index (χ1n) is 6.45. The molecule has 98 valence electrons. The van der Waals surface area contributed by atoms with Crippen LogP contribution in [-0.2, 0) is 4.74 Å². The summed E-state index contributed by atoms with van der Waals surface area (Å²) in [6, 6.07) is 0.296. The van der Waals surface area contributed by atoms with Crippen molar-refractivity contribution in [3.05, 3.63) is 0 Å². The summed E-state index contributed by atoms with van der Waals surface area (Å²) in [6.07, 6.45) is 1.41. The van der Waals surface area contributed by atoms with Gasteiger partial charge in [0.2, 0.25) is 0 Å². The van der Waals surface area contributed by atoms with Gasteiger partial charge in [0.1, 0.15) is 5.60 Å². The van der Waals surface area contributed by atoms with Crippen molar-refractivity contribution in [3.8, 4) is 0 Å². The van der Waals surface area contributed by atoms with E-state index in [1.54, 1.807) is 0 Å². The van der Waals surface area contributed by atoms with Gasteiger partial charge in [0.05, 0.1) is 6.10 Å². The van der Waals surface area contributed by atoms with Crippen LogP contribution in [0.25, 0.3) is 0 Å². The van der Waals surface area contributed by atoms with Gasteiger partial charge in [-0.2, -0.15) is 0 Å². The monoisotopic (exact) mass is 241 g/mol. The van der Waals surface area contributed by atoms with E-state index in [2.05, 4.69) is 0 Å². The number of ether oxygens (including phenoxy) is 1. The third-order valence-corrected chi connectivity index (χ3v) is 3.72. The van der Waals surface area contributed by atoms with E-state index in [1.807, 2.05) is 32.6 Å². The van der Waals surface area contributed by atoms with Crippen LogP contribution in [0.2, 0.25) is 0 Å². The molecule has 3 fully saturated rings. The molecule has 1 N–H and O–H groups in total. The number of amides is 1. The van der Waals surface area contributed by atoms with Gasteiger partial charge >= 0.3 is 6.09 Å². The molecule has 4 atom stereocenters. The molecule has 4 heteroatoms. The van der Waals surface area contributed by atoms with Gasteiger partial charge in [-0.15, -0.1) is 0 Å². The molecule has 1 amide bonds. The fourth-order valence-corrected chi connectivity index (χ4v) is 3.01. The number of fused-ring (bicyclic) bond motifs is 1. The van der Waals surface area contributed by atoms with Crippen molar-refractivity contribution in [2.24, 2.45) is 11.8 Å². The molecule has 0 aromatic heterocycles. The van der Waals surface area contributed by atoms with Crippen molar-refractivity contribution in [3.63, 3.8) is 0 Å². The van der Waals surface area contributed by atoms with Gasteiger partial charge in [0, 0.05) is 12.6 Å². The summed E-state index contributed by atoms with van der Waals surface area (Å²) >= 11 is 0. The molecule has 0 aromatic carbocycles. The van der Waals surface area contributed by atoms with E-state index < -0.39 is 5.60 Å². The normalized spacial score (nSPS) is 33.2. The van der Waals surface area contributed by atoms with Gasteiger partial charge in [-0.25, -0.2) is 4.79 Å². The smallest absolute Gasteiger partial charge is 0.410 e. The van der Waals surface area contributed by atoms with E-state index in [1.165, 1.54) is 0 Å². The lowest BCUT2D eigenvalue weighted by Crippen LogP contribution is -2.44. The molecule has 0 radical (unpaired) electrons. The fraction of sp³-hybridized carbons (Fsp3) is 0.923. The van der Waals surface area contributed by atoms with Crippen LogP contribution in [0, 0.1) is 11.8 Å². The number of aliphatic hydroxyl groups is 1. The zero-order valence-corrected chi connectivity index (χ0v) is 11.1. The van der Waals surface area contributed by atoms with Crippen LogP contribution in [0.1, 0.15) is 40.5 Å². The van der Waals surface area contributed by atoms with E-state index in [-0.39, 0.29) is 12.2 Å². The molecule has 2 aliphatic heterocycles. The minimum atomic E-state index is -0.427. The zero-order valence-electron chi connectivity index (χ0n) is 11.1. The van der Waals surface area contributed by atoms with Crippen molar-refractivity contribution in [1.82, 2.24) is 4.90 Å². The number of carbonyl (C=O) groups is 1.